The number of benzene rings is 1. The van der Waals surface area contributed by atoms with E-state index >= 15 is 0 Å². The maximum atomic E-state index is 12.5. The summed E-state index contributed by atoms with van der Waals surface area (Å²) in [7, 11) is -0.142. The molecule has 1 aromatic carbocycles. The first-order chi connectivity index (χ1) is 14.7. The lowest BCUT2D eigenvalue weighted by molar-refractivity contribution is 0.0978. The van der Waals surface area contributed by atoms with Gasteiger partial charge in [0.2, 0.25) is 10.0 Å². The maximum Gasteiger partial charge on any atom is 0.299 e. The van der Waals surface area contributed by atoms with Gasteiger partial charge in [-0.05, 0) is 50.3 Å². The Bertz CT molecular complexity index is 1020. The van der Waals surface area contributed by atoms with Gasteiger partial charge in [0.05, 0.1) is 5.25 Å². The quantitative estimate of drug-likeness (QED) is 0.598. The van der Waals surface area contributed by atoms with E-state index in [1.54, 1.807) is 14.1 Å². The van der Waals surface area contributed by atoms with Gasteiger partial charge in [-0.2, -0.15) is 4.98 Å². The van der Waals surface area contributed by atoms with E-state index in [9.17, 15) is 13.2 Å². The Kier molecular flexibility index (Phi) is 7.63. The highest BCUT2D eigenvalue weighted by Gasteiger charge is 2.30. The molecule has 0 bridgehead atoms. The number of carbonyl (C=O) groups is 1. The summed E-state index contributed by atoms with van der Waals surface area (Å²) >= 11 is 1.18. The van der Waals surface area contributed by atoms with Crippen LogP contribution in [0.4, 0.5) is 11.7 Å². The second-order valence-electron chi connectivity index (χ2n) is 7.81. The summed E-state index contributed by atoms with van der Waals surface area (Å²) in [6.07, 6.45) is 3.19. The minimum atomic E-state index is -3.27. The van der Waals surface area contributed by atoms with Gasteiger partial charge >= 0.3 is 0 Å². The fourth-order valence-electron chi connectivity index (χ4n) is 3.31. The van der Waals surface area contributed by atoms with Gasteiger partial charge in [-0.15, -0.1) is 0 Å². The van der Waals surface area contributed by atoms with Crippen molar-refractivity contribution in [2.45, 2.75) is 38.4 Å². The number of hydrogen-bond acceptors (Lipinski definition) is 8. The van der Waals surface area contributed by atoms with Crippen LogP contribution in [0.3, 0.4) is 0 Å². The van der Waals surface area contributed by atoms with Crippen LogP contribution >= 0.6 is 12.1 Å². The van der Waals surface area contributed by atoms with Crippen LogP contribution in [0.25, 0.3) is 0 Å². The first-order valence-corrected chi connectivity index (χ1v) is 12.4. The third-order valence-corrected chi connectivity index (χ3v) is 8.44. The Morgan fingerprint density at radius 3 is 2.77 bits per heavy atom. The third-order valence-electron chi connectivity index (χ3n) is 5.20. The molecule has 11 heteroatoms. The summed E-state index contributed by atoms with van der Waals surface area (Å²) in [5, 5.41) is 2.70. The number of oxazole rings is 1. The molecule has 2 N–H and O–H groups in total. The highest BCUT2D eigenvalue weighted by molar-refractivity contribution is 7.95. The van der Waals surface area contributed by atoms with Gasteiger partial charge < -0.3 is 9.73 Å². The molecular formula is C20H29N5O4S2. The number of hydrogen-bond donors (Lipinski definition) is 2. The number of anilines is 2. The van der Waals surface area contributed by atoms with E-state index in [0.29, 0.717) is 25.9 Å². The Morgan fingerprint density at radius 1 is 1.26 bits per heavy atom. The fourth-order valence-corrected chi connectivity index (χ4v) is 5.50. The van der Waals surface area contributed by atoms with Gasteiger partial charge in [-0.1, -0.05) is 12.1 Å². The van der Waals surface area contributed by atoms with Gasteiger partial charge in [0.15, 0.2) is 5.69 Å². The summed E-state index contributed by atoms with van der Waals surface area (Å²) in [5.74, 6) is -0.371. The van der Waals surface area contributed by atoms with E-state index < -0.39 is 15.3 Å². The number of carbonyl (C=O) groups excluding carboxylic acids is 1. The molecule has 1 saturated heterocycles. The van der Waals surface area contributed by atoms with Crippen molar-refractivity contribution >= 4 is 39.8 Å². The summed E-state index contributed by atoms with van der Waals surface area (Å²) in [4.78, 5) is 16.7. The fraction of sp³-hybridized carbons (Fsp3) is 0.500. The molecule has 1 fully saturated rings. The van der Waals surface area contributed by atoms with Crippen molar-refractivity contribution in [2.24, 2.45) is 0 Å². The molecule has 0 saturated carbocycles. The van der Waals surface area contributed by atoms with Crippen LogP contribution in [0.2, 0.25) is 0 Å². The second-order valence-corrected chi connectivity index (χ2v) is 11.1. The molecular weight excluding hydrogens is 438 g/mol. The lowest BCUT2D eigenvalue weighted by Crippen LogP contribution is -2.34. The predicted molar refractivity (Wildman–Crippen MR) is 123 cm³/mol. The zero-order chi connectivity index (χ0) is 22.6. The molecule has 0 radical (unpaired) electrons. The Morgan fingerprint density at radius 2 is 2.03 bits per heavy atom. The molecule has 170 valence electrons. The van der Waals surface area contributed by atoms with E-state index in [4.69, 9.17) is 4.42 Å². The number of aromatic nitrogens is 1. The zero-order valence-electron chi connectivity index (χ0n) is 18.2. The largest absolute Gasteiger partial charge is 0.431 e. The molecule has 1 aromatic heterocycles. The van der Waals surface area contributed by atoms with Crippen molar-refractivity contribution in [1.29, 1.82) is 0 Å². The van der Waals surface area contributed by atoms with E-state index in [1.807, 2.05) is 36.4 Å². The van der Waals surface area contributed by atoms with Crippen molar-refractivity contribution in [2.75, 3.05) is 32.5 Å². The standard InChI is InChI=1S/C20H29N5O4S2/c1-14-7-8-15(2)17(12-14)21-20-22-18(13-29-20)19(26)23-30-25-10-5-6-16(9-11-25)31(27,28)24(3)4/h7-8,12-13,16H,5-6,9-11H2,1-4H3,(H,21,22)(H,23,26). The number of rotatable bonds is 7. The third kappa shape index (κ3) is 6.00. The van der Waals surface area contributed by atoms with Crippen LogP contribution < -0.4 is 10.0 Å². The van der Waals surface area contributed by atoms with E-state index in [0.717, 1.165) is 23.2 Å². The number of sulfonamides is 1. The van der Waals surface area contributed by atoms with E-state index in [1.165, 1.54) is 22.7 Å². The van der Waals surface area contributed by atoms with Gasteiger partial charge in [0, 0.05) is 45.0 Å². The number of nitrogens with one attached hydrogen (secondary N) is 2. The molecule has 9 nitrogen and oxygen atoms in total. The number of amides is 1. The molecule has 1 atom stereocenters. The van der Waals surface area contributed by atoms with Crippen molar-refractivity contribution < 1.29 is 17.6 Å². The van der Waals surface area contributed by atoms with Crippen LogP contribution in [-0.2, 0) is 10.0 Å². The topological polar surface area (TPSA) is 108 Å². The SMILES string of the molecule is Cc1ccc(C)c(Nc2nc(C(=O)NSN3CCCC(S(=O)(=O)N(C)C)CC3)co2)c1. The zero-order valence-corrected chi connectivity index (χ0v) is 19.8. The Balaban J connectivity index is 1.53. The second kappa shape index (κ2) is 10.0. The first-order valence-electron chi connectivity index (χ1n) is 10.1. The molecule has 3 rings (SSSR count). The summed E-state index contributed by atoms with van der Waals surface area (Å²) < 4.78 is 36.2. The van der Waals surface area contributed by atoms with Crippen molar-refractivity contribution in [3.05, 3.63) is 41.3 Å². The lowest BCUT2D eigenvalue weighted by Gasteiger charge is -2.20. The Hall–Kier alpha value is -2.08. The molecule has 2 aromatic rings. The highest BCUT2D eigenvalue weighted by Crippen LogP contribution is 2.24. The number of nitrogens with zero attached hydrogens (tertiary/aromatic N) is 3. The average Bonchev–Trinajstić information content (AvgIpc) is 3.05. The van der Waals surface area contributed by atoms with Gasteiger partial charge in [0.1, 0.15) is 6.26 Å². The lowest BCUT2D eigenvalue weighted by atomic mass is 10.1. The molecule has 1 aliphatic rings. The molecule has 31 heavy (non-hydrogen) atoms. The minimum Gasteiger partial charge on any atom is -0.431 e. The van der Waals surface area contributed by atoms with E-state index in [-0.39, 0.29) is 17.6 Å². The molecule has 0 aliphatic carbocycles. The van der Waals surface area contributed by atoms with Crippen LogP contribution in [0.5, 0.6) is 0 Å². The molecule has 0 spiro atoms. The van der Waals surface area contributed by atoms with E-state index in [2.05, 4.69) is 15.0 Å². The van der Waals surface area contributed by atoms with Gasteiger partial charge in [0.25, 0.3) is 11.9 Å². The van der Waals surface area contributed by atoms with Crippen molar-refractivity contribution in [3.8, 4) is 0 Å². The maximum absolute atomic E-state index is 12.5. The van der Waals surface area contributed by atoms with Crippen LogP contribution in [0.15, 0.2) is 28.9 Å². The summed E-state index contributed by atoms with van der Waals surface area (Å²) in [6, 6.07) is 6.25. The minimum absolute atomic E-state index is 0.170. The summed E-state index contributed by atoms with van der Waals surface area (Å²) in [6.45, 7) is 5.24. The van der Waals surface area contributed by atoms with Crippen LogP contribution in [0, 0.1) is 13.8 Å². The van der Waals surface area contributed by atoms with Gasteiger partial charge in [-0.3, -0.25) is 9.52 Å². The van der Waals surface area contributed by atoms with Gasteiger partial charge in [-0.25, -0.2) is 17.0 Å². The monoisotopic (exact) mass is 467 g/mol. The predicted octanol–water partition coefficient (Wildman–Crippen LogP) is 3.07. The average molecular weight is 468 g/mol. The number of aryl methyl sites for hydroxylation is 2. The molecule has 1 unspecified atom stereocenters. The molecule has 2 heterocycles. The van der Waals surface area contributed by atoms with Crippen molar-refractivity contribution in [3.63, 3.8) is 0 Å². The van der Waals surface area contributed by atoms with Crippen LogP contribution in [0.1, 0.15) is 40.9 Å². The normalized spacial score (nSPS) is 18.0. The van der Waals surface area contributed by atoms with Crippen molar-refractivity contribution in [1.82, 2.24) is 18.3 Å². The molecule has 1 aliphatic heterocycles. The highest BCUT2D eigenvalue weighted by atomic mass is 32.2. The Labute approximate surface area is 187 Å². The molecule has 1 amide bonds. The summed E-state index contributed by atoms with van der Waals surface area (Å²) in [5.41, 5.74) is 3.19. The van der Waals surface area contributed by atoms with Crippen LogP contribution in [-0.4, -0.2) is 60.4 Å². The first kappa shape index (κ1) is 23.6. The smallest absolute Gasteiger partial charge is 0.299 e.